The highest BCUT2D eigenvalue weighted by Gasteiger charge is 2.65. The van der Waals surface area contributed by atoms with E-state index in [1.54, 1.807) is 38.1 Å². The van der Waals surface area contributed by atoms with Crippen LogP contribution in [0.15, 0.2) is 48.5 Å². The van der Waals surface area contributed by atoms with Gasteiger partial charge in [0, 0.05) is 19.0 Å². The van der Waals surface area contributed by atoms with E-state index in [-0.39, 0.29) is 18.5 Å². The molecular weight excluding hydrogens is 489 g/mol. The maximum Gasteiger partial charge on any atom is 0.417 e. The fourth-order valence-corrected chi connectivity index (χ4v) is 5.31. The minimum atomic E-state index is -4.85. The molecule has 4 atom stereocenters. The number of nitrogens with zero attached hydrogens (tertiary/aromatic N) is 2. The minimum Gasteiger partial charge on any atom is -0.366 e. The number of hydrogen-bond donors (Lipinski definition) is 2. The van der Waals surface area contributed by atoms with Crippen molar-refractivity contribution in [2.24, 2.45) is 5.92 Å². The summed E-state index contributed by atoms with van der Waals surface area (Å²) >= 11 is 0. The van der Waals surface area contributed by atoms with Gasteiger partial charge in [-0.15, -0.1) is 0 Å². The summed E-state index contributed by atoms with van der Waals surface area (Å²) in [5.74, 6) is -2.32. The van der Waals surface area contributed by atoms with Gasteiger partial charge in [0.25, 0.3) is 0 Å². The molecule has 2 aliphatic rings. The van der Waals surface area contributed by atoms with Gasteiger partial charge in [-0.2, -0.15) is 18.4 Å². The number of nitrogens with one attached hydrogen (secondary N) is 2. The Morgan fingerprint density at radius 1 is 1.08 bits per heavy atom. The predicted octanol–water partition coefficient (Wildman–Crippen LogP) is 4.60. The third kappa shape index (κ3) is 4.89. The predicted molar refractivity (Wildman–Crippen MR) is 127 cm³/mol. The van der Waals surface area contributed by atoms with Gasteiger partial charge in [0.15, 0.2) is 0 Å². The molecule has 2 bridgehead atoms. The maximum absolute atomic E-state index is 13.6. The van der Waals surface area contributed by atoms with Crippen molar-refractivity contribution in [2.75, 3.05) is 10.2 Å². The summed E-state index contributed by atoms with van der Waals surface area (Å²) < 4.78 is 46.7. The summed E-state index contributed by atoms with van der Waals surface area (Å²) in [7, 11) is 0. The smallest absolute Gasteiger partial charge is 0.366 e. The zero-order valence-corrected chi connectivity index (χ0v) is 20.3. The summed E-state index contributed by atoms with van der Waals surface area (Å²) in [6.07, 6.45) is -4.44. The van der Waals surface area contributed by atoms with Gasteiger partial charge in [-0.05, 0) is 50.6 Å². The molecule has 8 nitrogen and oxygen atoms in total. The maximum atomic E-state index is 13.6. The average molecular weight is 515 g/mol. The minimum absolute atomic E-state index is 0.144. The van der Waals surface area contributed by atoms with Gasteiger partial charge in [-0.1, -0.05) is 18.2 Å². The van der Waals surface area contributed by atoms with E-state index in [4.69, 9.17) is 10.00 Å². The summed E-state index contributed by atoms with van der Waals surface area (Å²) in [6.45, 7) is 4.52. The Balaban J connectivity index is 1.55. The number of fused-ring (bicyclic) bond motifs is 2. The number of alkyl halides is 3. The molecule has 4 amide bonds. The van der Waals surface area contributed by atoms with E-state index in [1.807, 2.05) is 6.07 Å². The van der Waals surface area contributed by atoms with E-state index in [1.165, 1.54) is 6.07 Å². The number of imide groups is 1. The van der Waals surface area contributed by atoms with Crippen LogP contribution in [-0.2, 0) is 20.5 Å². The Bertz CT molecular complexity index is 1290. The molecule has 0 radical (unpaired) electrons. The van der Waals surface area contributed by atoms with Gasteiger partial charge in [0.1, 0.15) is 0 Å². The van der Waals surface area contributed by atoms with E-state index < -0.39 is 58.3 Å². The van der Waals surface area contributed by atoms with Crippen LogP contribution in [0.25, 0.3) is 0 Å². The Kier molecular flexibility index (Phi) is 6.50. The first-order valence-electron chi connectivity index (χ1n) is 11.6. The molecule has 0 saturated carbocycles. The highest BCUT2D eigenvalue weighted by molar-refractivity contribution is 6.15. The lowest BCUT2D eigenvalue weighted by Gasteiger charge is -2.36. The van der Waals surface area contributed by atoms with Crippen LogP contribution in [0.2, 0.25) is 0 Å². The van der Waals surface area contributed by atoms with Crippen LogP contribution in [0.4, 0.5) is 29.3 Å². The van der Waals surface area contributed by atoms with Crippen molar-refractivity contribution in [1.29, 1.82) is 5.26 Å². The SMILES string of the molecule is CC(=O)N(C(=O)[C@@H]1CC2(C)OC1(C)C[C@@H]2NC(=O)Nc1ccccc1)c1ccc(C#N)c(C(F)(F)F)c1. The Hall–Kier alpha value is -3.91. The van der Waals surface area contributed by atoms with Gasteiger partial charge in [-0.25, -0.2) is 4.79 Å². The Labute approximate surface area is 211 Å². The second-order valence-corrected chi connectivity index (χ2v) is 9.74. The molecule has 2 N–H and O–H groups in total. The second kappa shape index (κ2) is 9.19. The topological polar surface area (TPSA) is 112 Å². The van der Waals surface area contributed by atoms with Crippen LogP contribution in [0.5, 0.6) is 0 Å². The van der Waals surface area contributed by atoms with E-state index in [0.29, 0.717) is 16.7 Å². The number of amides is 4. The van der Waals surface area contributed by atoms with Gasteiger partial charge in [0.2, 0.25) is 11.8 Å². The molecule has 4 rings (SSSR count). The highest BCUT2D eigenvalue weighted by Crippen LogP contribution is 2.54. The lowest BCUT2D eigenvalue weighted by atomic mass is 9.72. The molecule has 11 heteroatoms. The largest absolute Gasteiger partial charge is 0.417 e. The molecule has 194 valence electrons. The number of carbonyl (C=O) groups is 3. The van der Waals surface area contributed by atoms with E-state index in [9.17, 15) is 27.6 Å². The first kappa shape index (κ1) is 26.2. The second-order valence-electron chi connectivity index (χ2n) is 9.74. The summed E-state index contributed by atoms with van der Waals surface area (Å²) in [6, 6.07) is 12.2. The molecule has 2 heterocycles. The zero-order chi connectivity index (χ0) is 27.2. The number of halogens is 3. The number of nitriles is 1. The molecule has 2 aromatic rings. The van der Waals surface area contributed by atoms with Crippen molar-refractivity contribution in [3.8, 4) is 6.07 Å². The highest BCUT2D eigenvalue weighted by atomic mass is 19.4. The average Bonchev–Trinajstić information content (AvgIpc) is 3.23. The fraction of sp³-hybridized carbons (Fsp3) is 0.385. The van der Waals surface area contributed by atoms with Gasteiger partial charge < -0.3 is 15.4 Å². The normalized spacial score (nSPS) is 26.3. The van der Waals surface area contributed by atoms with E-state index in [2.05, 4.69) is 10.6 Å². The fourth-order valence-electron chi connectivity index (χ4n) is 5.31. The number of para-hydroxylation sites is 1. The molecule has 0 spiro atoms. The van der Waals surface area contributed by atoms with Crippen molar-refractivity contribution in [3.05, 3.63) is 59.7 Å². The molecule has 0 aromatic heterocycles. The number of rotatable bonds is 4. The molecule has 2 aromatic carbocycles. The lowest BCUT2D eigenvalue weighted by molar-refractivity contribution is -0.138. The number of urea groups is 1. The van der Waals surface area contributed by atoms with Crippen molar-refractivity contribution in [1.82, 2.24) is 5.32 Å². The third-order valence-corrected chi connectivity index (χ3v) is 7.02. The van der Waals surface area contributed by atoms with Crippen LogP contribution in [0, 0.1) is 17.2 Å². The van der Waals surface area contributed by atoms with Crippen LogP contribution in [0.3, 0.4) is 0 Å². The molecule has 0 aliphatic carbocycles. The molecule has 2 saturated heterocycles. The summed E-state index contributed by atoms with van der Waals surface area (Å²) in [5, 5.41) is 14.7. The first-order valence-corrected chi connectivity index (χ1v) is 11.6. The van der Waals surface area contributed by atoms with Crippen LogP contribution < -0.4 is 15.5 Å². The van der Waals surface area contributed by atoms with E-state index in [0.717, 1.165) is 19.1 Å². The van der Waals surface area contributed by atoms with Crippen LogP contribution >= 0.6 is 0 Å². The monoisotopic (exact) mass is 514 g/mol. The zero-order valence-electron chi connectivity index (χ0n) is 20.3. The van der Waals surface area contributed by atoms with Gasteiger partial charge >= 0.3 is 12.2 Å². The molecule has 2 aliphatic heterocycles. The number of hydrogen-bond acceptors (Lipinski definition) is 5. The Morgan fingerprint density at radius 3 is 2.30 bits per heavy atom. The number of anilines is 2. The van der Waals surface area contributed by atoms with Crippen molar-refractivity contribution >= 4 is 29.2 Å². The quantitative estimate of drug-likeness (QED) is 0.619. The van der Waals surface area contributed by atoms with Crippen LogP contribution in [0.1, 0.15) is 44.7 Å². The molecule has 2 fully saturated rings. The Morgan fingerprint density at radius 2 is 1.76 bits per heavy atom. The van der Waals surface area contributed by atoms with E-state index >= 15 is 0 Å². The van der Waals surface area contributed by atoms with Crippen molar-refractivity contribution < 1.29 is 32.3 Å². The first-order chi connectivity index (χ1) is 17.3. The third-order valence-electron chi connectivity index (χ3n) is 7.02. The molecule has 2 unspecified atom stereocenters. The number of benzene rings is 2. The van der Waals surface area contributed by atoms with Crippen molar-refractivity contribution in [3.63, 3.8) is 0 Å². The van der Waals surface area contributed by atoms with Gasteiger partial charge in [-0.3, -0.25) is 14.5 Å². The summed E-state index contributed by atoms with van der Waals surface area (Å²) in [5.41, 5.74) is -3.53. The lowest BCUT2D eigenvalue weighted by Crippen LogP contribution is -2.54. The molecular formula is C26H25F3N4O4. The van der Waals surface area contributed by atoms with Crippen LogP contribution in [-0.4, -0.2) is 35.1 Å². The standard InChI is InChI=1S/C26H25F3N4O4/c1-15(34)33(18-10-9-16(14-30)19(11-18)26(27,28)29)22(35)20-12-25(3)21(13-24(20,2)37-25)32-23(36)31-17-7-5-4-6-8-17/h4-11,20-21H,12-13H2,1-3H3,(H2,31,32,36)/t20-,21-,24?,25?/m0/s1. The number of carbonyl (C=O) groups excluding carboxylic acids is 3. The van der Waals surface area contributed by atoms with Crippen molar-refractivity contribution in [2.45, 2.75) is 57.0 Å². The molecule has 37 heavy (non-hydrogen) atoms. The van der Waals surface area contributed by atoms with Gasteiger partial charge in [0.05, 0.1) is 46.0 Å². The number of ether oxygens (including phenoxy) is 1. The summed E-state index contributed by atoms with van der Waals surface area (Å²) in [4.78, 5) is 39.3.